The molecule has 1 unspecified atom stereocenters. The zero-order valence-electron chi connectivity index (χ0n) is 15.2. The quantitative estimate of drug-likeness (QED) is 0.925. The third-order valence-corrected chi connectivity index (χ3v) is 6.73. The van der Waals surface area contributed by atoms with E-state index in [9.17, 15) is 0 Å². The molecule has 7 nitrogen and oxygen atoms in total. The summed E-state index contributed by atoms with van der Waals surface area (Å²) in [4.78, 5) is 7.12. The van der Waals surface area contributed by atoms with Crippen LogP contribution in [0.15, 0.2) is 0 Å². The summed E-state index contributed by atoms with van der Waals surface area (Å²) in [6.07, 6.45) is 7.79. The molecule has 0 radical (unpaired) electrons. The van der Waals surface area contributed by atoms with E-state index in [0.717, 1.165) is 43.1 Å². The summed E-state index contributed by atoms with van der Waals surface area (Å²) in [6, 6.07) is 0. The molecule has 3 heterocycles. The van der Waals surface area contributed by atoms with Crippen LogP contribution in [0.5, 0.6) is 0 Å². The molecule has 2 saturated carbocycles. The Bertz CT molecular complexity index is 768. The number of nitrogens with one attached hydrogen (secondary N) is 1. The highest BCUT2D eigenvalue weighted by Gasteiger charge is 2.46. The minimum absolute atomic E-state index is 0.507. The molecule has 0 amide bonds. The van der Waals surface area contributed by atoms with Gasteiger partial charge in [0.25, 0.3) is 0 Å². The van der Waals surface area contributed by atoms with E-state index in [0.29, 0.717) is 17.2 Å². The molecule has 5 rings (SSSR count). The molecule has 25 heavy (non-hydrogen) atoms. The molecule has 1 saturated heterocycles. The number of nitrogens with zero attached hydrogens (tertiary/aromatic N) is 6. The number of rotatable bonds is 4. The minimum atomic E-state index is 0.507. The molecular formula is C18H27N7. The van der Waals surface area contributed by atoms with E-state index in [1.54, 1.807) is 0 Å². The molecule has 2 aliphatic carbocycles. The van der Waals surface area contributed by atoms with Crippen LogP contribution in [0, 0.1) is 11.3 Å². The van der Waals surface area contributed by atoms with Gasteiger partial charge in [0.05, 0.1) is 0 Å². The van der Waals surface area contributed by atoms with Gasteiger partial charge in [0.15, 0.2) is 0 Å². The van der Waals surface area contributed by atoms with Crippen molar-refractivity contribution >= 4 is 5.95 Å². The molecule has 0 aromatic carbocycles. The number of hydrogen-bond acceptors (Lipinski definition) is 5. The van der Waals surface area contributed by atoms with Crippen molar-refractivity contribution in [1.82, 2.24) is 29.9 Å². The van der Waals surface area contributed by atoms with Crippen LogP contribution in [0.3, 0.4) is 0 Å². The van der Waals surface area contributed by atoms with Crippen LogP contribution in [-0.2, 0) is 6.54 Å². The van der Waals surface area contributed by atoms with E-state index >= 15 is 0 Å². The van der Waals surface area contributed by atoms with Crippen molar-refractivity contribution in [2.75, 3.05) is 18.0 Å². The largest absolute Gasteiger partial charge is 0.340 e. The maximum absolute atomic E-state index is 4.67. The second kappa shape index (κ2) is 5.54. The lowest BCUT2D eigenvalue weighted by molar-refractivity contribution is 0.0440. The summed E-state index contributed by atoms with van der Waals surface area (Å²) in [5.74, 6) is 4.87. The van der Waals surface area contributed by atoms with Crippen LogP contribution >= 0.6 is 0 Å². The number of anilines is 1. The van der Waals surface area contributed by atoms with E-state index < -0.39 is 0 Å². The Morgan fingerprint density at radius 3 is 2.72 bits per heavy atom. The standard InChI is InChI=1S/C18H27N7/c1-3-25-16(15-19-14(20-21-15)13-5-6-13)22-23-17(25)24-10-7-12(2)18(11-24)8-4-9-18/h12-13H,3-11H2,1-2H3,(H,19,20,21). The number of hydrogen-bond donors (Lipinski definition) is 1. The molecule has 7 heteroatoms. The highest BCUT2D eigenvalue weighted by molar-refractivity contribution is 5.49. The SMILES string of the molecule is CCn1c(-c2n[nH]c(C3CC3)n2)nnc1N1CCC(C)C2(CCC2)C1. The Labute approximate surface area is 148 Å². The second-order valence-electron chi connectivity index (χ2n) is 8.21. The van der Waals surface area contributed by atoms with Crippen LogP contribution in [0.1, 0.15) is 64.1 Å². The molecule has 1 N–H and O–H groups in total. The van der Waals surface area contributed by atoms with E-state index in [1.807, 2.05) is 0 Å². The van der Waals surface area contributed by atoms with Gasteiger partial charge in [-0.2, -0.15) is 0 Å². The zero-order chi connectivity index (χ0) is 17.0. The van der Waals surface area contributed by atoms with Gasteiger partial charge in [0.2, 0.25) is 17.6 Å². The van der Waals surface area contributed by atoms with Gasteiger partial charge in [-0.1, -0.05) is 13.3 Å². The van der Waals surface area contributed by atoms with E-state index in [1.165, 1.54) is 38.5 Å². The summed E-state index contributed by atoms with van der Waals surface area (Å²) in [5.41, 5.74) is 0.507. The van der Waals surface area contributed by atoms with Gasteiger partial charge in [-0.05, 0) is 50.4 Å². The van der Waals surface area contributed by atoms with Crippen molar-refractivity contribution in [3.8, 4) is 11.6 Å². The van der Waals surface area contributed by atoms with Crippen molar-refractivity contribution in [3.05, 3.63) is 5.82 Å². The van der Waals surface area contributed by atoms with Crippen LogP contribution in [0.25, 0.3) is 11.6 Å². The van der Waals surface area contributed by atoms with Gasteiger partial charge >= 0.3 is 0 Å². The molecule has 134 valence electrons. The first-order valence-corrected chi connectivity index (χ1v) is 9.81. The van der Waals surface area contributed by atoms with Crippen LogP contribution < -0.4 is 4.90 Å². The van der Waals surface area contributed by atoms with Crippen molar-refractivity contribution in [2.45, 2.75) is 64.8 Å². The number of piperidine rings is 1. The van der Waals surface area contributed by atoms with Gasteiger partial charge in [-0.25, -0.2) is 4.98 Å². The second-order valence-corrected chi connectivity index (χ2v) is 8.21. The van der Waals surface area contributed by atoms with Gasteiger partial charge in [0, 0.05) is 25.6 Å². The number of H-pyrrole nitrogens is 1. The van der Waals surface area contributed by atoms with Gasteiger partial charge < -0.3 is 4.90 Å². The van der Waals surface area contributed by atoms with Crippen molar-refractivity contribution in [1.29, 1.82) is 0 Å². The van der Waals surface area contributed by atoms with Gasteiger partial charge in [0.1, 0.15) is 5.82 Å². The summed E-state index contributed by atoms with van der Waals surface area (Å²) in [5, 5.41) is 16.5. The van der Waals surface area contributed by atoms with E-state index in [-0.39, 0.29) is 0 Å². The smallest absolute Gasteiger partial charge is 0.227 e. The average Bonchev–Trinajstić information content (AvgIpc) is 3.17. The van der Waals surface area contributed by atoms with Crippen LogP contribution in [0.4, 0.5) is 5.95 Å². The summed E-state index contributed by atoms with van der Waals surface area (Å²) < 4.78 is 2.18. The predicted molar refractivity (Wildman–Crippen MR) is 95.3 cm³/mol. The summed E-state index contributed by atoms with van der Waals surface area (Å²) in [6.45, 7) is 7.61. The van der Waals surface area contributed by atoms with Crippen molar-refractivity contribution < 1.29 is 0 Å². The van der Waals surface area contributed by atoms with Gasteiger partial charge in [-0.15, -0.1) is 15.3 Å². The summed E-state index contributed by atoms with van der Waals surface area (Å²) >= 11 is 0. The Kier molecular flexibility index (Phi) is 3.40. The zero-order valence-corrected chi connectivity index (χ0v) is 15.2. The fourth-order valence-electron chi connectivity index (χ4n) is 4.62. The van der Waals surface area contributed by atoms with Crippen molar-refractivity contribution in [3.63, 3.8) is 0 Å². The fraction of sp³-hybridized carbons (Fsp3) is 0.778. The number of aromatic nitrogens is 6. The molecule has 3 aliphatic rings. The Morgan fingerprint density at radius 2 is 2.04 bits per heavy atom. The first-order chi connectivity index (χ1) is 12.2. The predicted octanol–water partition coefficient (Wildman–Crippen LogP) is 2.98. The van der Waals surface area contributed by atoms with Crippen LogP contribution in [-0.4, -0.2) is 43.0 Å². The van der Waals surface area contributed by atoms with E-state index in [4.69, 9.17) is 0 Å². The van der Waals surface area contributed by atoms with Crippen molar-refractivity contribution in [2.24, 2.45) is 11.3 Å². The van der Waals surface area contributed by atoms with Crippen LogP contribution in [0.2, 0.25) is 0 Å². The molecule has 2 aromatic rings. The topological polar surface area (TPSA) is 75.5 Å². The molecule has 1 atom stereocenters. The Hall–Kier alpha value is -1.92. The normalized spacial score (nSPS) is 25.4. The average molecular weight is 341 g/mol. The molecule has 0 bridgehead atoms. The first-order valence-electron chi connectivity index (χ1n) is 9.81. The molecule has 1 spiro atoms. The molecule has 3 fully saturated rings. The molecule has 1 aliphatic heterocycles. The maximum Gasteiger partial charge on any atom is 0.227 e. The monoisotopic (exact) mass is 341 g/mol. The lowest BCUT2D eigenvalue weighted by Crippen LogP contribution is -2.52. The highest BCUT2D eigenvalue weighted by atomic mass is 15.4. The van der Waals surface area contributed by atoms with Gasteiger partial charge in [-0.3, -0.25) is 9.67 Å². The van der Waals surface area contributed by atoms with E-state index in [2.05, 4.69) is 48.7 Å². The minimum Gasteiger partial charge on any atom is -0.340 e. The highest BCUT2D eigenvalue weighted by Crippen LogP contribution is 2.51. The first kappa shape index (κ1) is 15.3. The third kappa shape index (κ3) is 2.39. The third-order valence-electron chi connectivity index (χ3n) is 6.73. The lowest BCUT2D eigenvalue weighted by Gasteiger charge is -2.53. The fourth-order valence-corrected chi connectivity index (χ4v) is 4.62. The molecule has 2 aromatic heterocycles. The lowest BCUT2D eigenvalue weighted by atomic mass is 9.59. The maximum atomic E-state index is 4.67. The molecular weight excluding hydrogens is 314 g/mol. The Morgan fingerprint density at radius 1 is 1.20 bits per heavy atom. The Balaban J connectivity index is 1.44. The number of aromatic amines is 1. The summed E-state index contributed by atoms with van der Waals surface area (Å²) in [7, 11) is 0.